The summed E-state index contributed by atoms with van der Waals surface area (Å²) in [4.78, 5) is 10.9. The van der Waals surface area contributed by atoms with Gasteiger partial charge in [0, 0.05) is 13.1 Å². The van der Waals surface area contributed by atoms with Gasteiger partial charge < -0.3 is 14.8 Å². The number of hydrogen-bond acceptors (Lipinski definition) is 4. The first-order chi connectivity index (χ1) is 6.95. The topological polar surface area (TPSA) is 47.6 Å². The summed E-state index contributed by atoms with van der Waals surface area (Å²) in [6.07, 6.45) is 0.420. The largest absolute Gasteiger partial charge is 0.466 e. The molecule has 0 radical (unpaired) electrons. The van der Waals surface area contributed by atoms with Gasteiger partial charge in [-0.05, 0) is 27.7 Å². The first kappa shape index (κ1) is 14.4. The van der Waals surface area contributed by atoms with Gasteiger partial charge in [0.05, 0.1) is 25.2 Å². The van der Waals surface area contributed by atoms with E-state index in [2.05, 4.69) is 5.32 Å². The first-order valence-electron chi connectivity index (χ1n) is 5.46. The molecule has 0 aliphatic rings. The van der Waals surface area contributed by atoms with Crippen molar-refractivity contribution in [3.05, 3.63) is 0 Å². The molecular formula is C11H23NO3. The Kier molecular flexibility index (Phi) is 7.34. The maximum atomic E-state index is 10.9. The van der Waals surface area contributed by atoms with Gasteiger partial charge in [0.15, 0.2) is 0 Å². The van der Waals surface area contributed by atoms with Crippen LogP contribution in [0.1, 0.15) is 34.1 Å². The second-order valence-electron chi connectivity index (χ2n) is 4.27. The van der Waals surface area contributed by atoms with Crippen LogP contribution in [0.15, 0.2) is 0 Å². The number of esters is 1. The Balaban J connectivity index is 3.22. The summed E-state index contributed by atoms with van der Waals surface area (Å²) < 4.78 is 10.3. The zero-order chi connectivity index (χ0) is 11.7. The summed E-state index contributed by atoms with van der Waals surface area (Å²) in [5.74, 6) is -0.151. The van der Waals surface area contributed by atoms with Crippen LogP contribution in [0.25, 0.3) is 0 Å². The molecule has 0 aromatic heterocycles. The normalized spacial score (nSPS) is 11.5. The molecule has 0 aliphatic carbocycles. The highest BCUT2D eigenvalue weighted by Crippen LogP contribution is 2.04. The minimum atomic E-state index is -0.151. The Hall–Kier alpha value is -0.610. The molecule has 0 heterocycles. The van der Waals surface area contributed by atoms with Crippen LogP contribution in [-0.4, -0.2) is 37.9 Å². The molecule has 0 amide bonds. The average molecular weight is 217 g/mol. The number of nitrogens with one attached hydrogen (secondary N) is 1. The predicted octanol–water partition coefficient (Wildman–Crippen LogP) is 1.34. The second kappa shape index (κ2) is 7.65. The molecular weight excluding hydrogens is 194 g/mol. The van der Waals surface area contributed by atoms with E-state index >= 15 is 0 Å². The Morgan fingerprint density at radius 1 is 1.27 bits per heavy atom. The highest BCUT2D eigenvalue weighted by Gasteiger charge is 2.08. The molecule has 90 valence electrons. The smallest absolute Gasteiger partial charge is 0.307 e. The van der Waals surface area contributed by atoms with Crippen molar-refractivity contribution in [2.75, 3.05) is 26.3 Å². The van der Waals surface area contributed by atoms with Crippen LogP contribution < -0.4 is 5.32 Å². The Morgan fingerprint density at radius 3 is 2.47 bits per heavy atom. The van der Waals surface area contributed by atoms with Crippen molar-refractivity contribution in [1.29, 1.82) is 0 Å². The molecule has 0 aromatic rings. The van der Waals surface area contributed by atoms with E-state index in [1.54, 1.807) is 0 Å². The van der Waals surface area contributed by atoms with Gasteiger partial charge >= 0.3 is 5.97 Å². The van der Waals surface area contributed by atoms with Crippen molar-refractivity contribution in [3.63, 3.8) is 0 Å². The highest BCUT2D eigenvalue weighted by atomic mass is 16.5. The summed E-state index contributed by atoms with van der Waals surface area (Å²) in [6, 6.07) is 0. The van der Waals surface area contributed by atoms with Crippen molar-refractivity contribution in [2.24, 2.45) is 0 Å². The van der Waals surface area contributed by atoms with E-state index in [1.165, 1.54) is 0 Å². The zero-order valence-corrected chi connectivity index (χ0v) is 10.3. The summed E-state index contributed by atoms with van der Waals surface area (Å²) in [7, 11) is 0. The molecule has 0 saturated carbocycles. The lowest BCUT2D eigenvalue weighted by Crippen LogP contribution is -2.28. The summed E-state index contributed by atoms with van der Waals surface area (Å²) in [6.45, 7) is 10.4. The van der Waals surface area contributed by atoms with E-state index in [-0.39, 0.29) is 11.6 Å². The fraction of sp³-hybridized carbons (Fsp3) is 0.909. The molecule has 0 aromatic carbocycles. The Morgan fingerprint density at radius 2 is 1.93 bits per heavy atom. The summed E-state index contributed by atoms with van der Waals surface area (Å²) >= 11 is 0. The van der Waals surface area contributed by atoms with Gasteiger partial charge in [-0.25, -0.2) is 0 Å². The van der Waals surface area contributed by atoms with Gasteiger partial charge in [0.25, 0.3) is 0 Å². The van der Waals surface area contributed by atoms with E-state index in [0.717, 1.165) is 6.54 Å². The van der Waals surface area contributed by atoms with Crippen molar-refractivity contribution < 1.29 is 14.3 Å². The molecule has 0 spiro atoms. The molecule has 0 saturated heterocycles. The molecule has 0 rings (SSSR count). The second-order valence-corrected chi connectivity index (χ2v) is 4.27. The van der Waals surface area contributed by atoms with Crippen molar-refractivity contribution in [2.45, 2.75) is 39.7 Å². The minimum Gasteiger partial charge on any atom is -0.466 e. The van der Waals surface area contributed by atoms with E-state index in [9.17, 15) is 4.79 Å². The highest BCUT2D eigenvalue weighted by molar-refractivity contribution is 5.69. The number of carbonyl (C=O) groups is 1. The third-order valence-corrected chi connectivity index (χ3v) is 1.63. The lowest BCUT2D eigenvalue weighted by Gasteiger charge is -2.19. The van der Waals surface area contributed by atoms with Gasteiger partial charge in [-0.1, -0.05) is 0 Å². The molecule has 0 aliphatic heterocycles. The fourth-order valence-corrected chi connectivity index (χ4v) is 0.978. The van der Waals surface area contributed by atoms with Crippen molar-refractivity contribution in [1.82, 2.24) is 5.32 Å². The van der Waals surface area contributed by atoms with Gasteiger partial charge in [0.1, 0.15) is 0 Å². The minimum absolute atomic E-state index is 0.0944. The SMILES string of the molecule is CCOC(=O)CCNCCOC(C)(C)C. The van der Waals surface area contributed by atoms with E-state index in [4.69, 9.17) is 9.47 Å². The van der Waals surface area contributed by atoms with Crippen LogP contribution >= 0.6 is 0 Å². The summed E-state index contributed by atoms with van der Waals surface area (Å²) in [5, 5.41) is 3.12. The van der Waals surface area contributed by atoms with Crippen LogP contribution in [-0.2, 0) is 14.3 Å². The van der Waals surface area contributed by atoms with Crippen molar-refractivity contribution >= 4 is 5.97 Å². The maximum Gasteiger partial charge on any atom is 0.307 e. The molecule has 1 N–H and O–H groups in total. The lowest BCUT2D eigenvalue weighted by molar-refractivity contribution is -0.143. The fourth-order valence-electron chi connectivity index (χ4n) is 0.978. The third kappa shape index (κ3) is 11.3. The van der Waals surface area contributed by atoms with Gasteiger partial charge in [0.2, 0.25) is 0 Å². The monoisotopic (exact) mass is 217 g/mol. The molecule has 4 heteroatoms. The number of hydrogen-bond donors (Lipinski definition) is 1. The quantitative estimate of drug-likeness (QED) is 0.516. The zero-order valence-electron chi connectivity index (χ0n) is 10.3. The number of rotatable bonds is 7. The van der Waals surface area contributed by atoms with Gasteiger partial charge in [-0.3, -0.25) is 4.79 Å². The molecule has 4 nitrogen and oxygen atoms in total. The lowest BCUT2D eigenvalue weighted by atomic mass is 10.2. The van der Waals surface area contributed by atoms with Crippen LogP contribution in [0.2, 0.25) is 0 Å². The summed E-state index contributed by atoms with van der Waals surface area (Å²) in [5.41, 5.74) is -0.0944. The number of carbonyl (C=O) groups excluding carboxylic acids is 1. The maximum absolute atomic E-state index is 10.9. The Bertz CT molecular complexity index is 175. The Labute approximate surface area is 92.3 Å². The van der Waals surface area contributed by atoms with Gasteiger partial charge in [-0.2, -0.15) is 0 Å². The van der Waals surface area contributed by atoms with Crippen LogP contribution in [0.5, 0.6) is 0 Å². The standard InChI is InChI=1S/C11H23NO3/c1-5-14-10(13)6-7-12-8-9-15-11(2,3)4/h12H,5-9H2,1-4H3. The number of ether oxygens (including phenoxy) is 2. The van der Waals surface area contributed by atoms with E-state index < -0.39 is 0 Å². The molecule has 0 atom stereocenters. The average Bonchev–Trinajstić information content (AvgIpc) is 2.09. The first-order valence-corrected chi connectivity index (χ1v) is 5.46. The van der Waals surface area contributed by atoms with E-state index in [1.807, 2.05) is 27.7 Å². The van der Waals surface area contributed by atoms with Crippen LogP contribution in [0, 0.1) is 0 Å². The molecule has 0 fully saturated rings. The predicted molar refractivity (Wildman–Crippen MR) is 59.8 cm³/mol. The van der Waals surface area contributed by atoms with E-state index in [0.29, 0.717) is 26.2 Å². The van der Waals surface area contributed by atoms with Gasteiger partial charge in [-0.15, -0.1) is 0 Å². The van der Waals surface area contributed by atoms with Crippen LogP contribution in [0.4, 0.5) is 0 Å². The molecule has 15 heavy (non-hydrogen) atoms. The molecule has 0 unspecified atom stereocenters. The third-order valence-electron chi connectivity index (χ3n) is 1.63. The molecule has 0 bridgehead atoms. The van der Waals surface area contributed by atoms with Crippen molar-refractivity contribution in [3.8, 4) is 0 Å². The van der Waals surface area contributed by atoms with Crippen LogP contribution in [0.3, 0.4) is 0 Å².